The molecule has 2 aromatic carbocycles. The summed E-state index contributed by atoms with van der Waals surface area (Å²) in [5, 5.41) is 22.2. The molecular formula is C21H22N2O3. The number of aromatic hydroxyl groups is 1. The molecule has 5 nitrogen and oxygen atoms in total. The first-order valence-electron chi connectivity index (χ1n) is 8.19. The first-order chi connectivity index (χ1) is 12.7. The Kier molecular flexibility index (Phi) is 7.14. The van der Waals surface area contributed by atoms with Gasteiger partial charge in [0.2, 0.25) is 0 Å². The summed E-state index contributed by atoms with van der Waals surface area (Å²) in [4.78, 5) is 0. The van der Waals surface area contributed by atoms with E-state index in [-0.39, 0.29) is 5.75 Å². The minimum absolute atomic E-state index is 0.0114. The fourth-order valence-corrected chi connectivity index (χ4v) is 2.41. The molecule has 0 fully saturated rings. The third-order valence-electron chi connectivity index (χ3n) is 3.76. The predicted octanol–water partition coefficient (Wildman–Crippen LogP) is 3.66. The highest BCUT2D eigenvalue weighted by molar-refractivity contribution is 5.64. The molecule has 0 aliphatic heterocycles. The van der Waals surface area contributed by atoms with Crippen LogP contribution in [0, 0.1) is 11.3 Å². The predicted molar refractivity (Wildman–Crippen MR) is 102 cm³/mol. The second-order valence-corrected chi connectivity index (χ2v) is 5.48. The Morgan fingerprint density at radius 3 is 2.54 bits per heavy atom. The number of ether oxygens (including phenoxy) is 2. The molecule has 2 aromatic rings. The van der Waals surface area contributed by atoms with Crippen molar-refractivity contribution in [3.63, 3.8) is 0 Å². The van der Waals surface area contributed by atoms with E-state index >= 15 is 0 Å². The lowest BCUT2D eigenvalue weighted by Gasteiger charge is -2.09. The Labute approximate surface area is 153 Å². The fraction of sp³-hybridized carbons (Fsp3) is 0.190. The van der Waals surface area contributed by atoms with Crippen molar-refractivity contribution in [2.24, 2.45) is 0 Å². The summed E-state index contributed by atoms with van der Waals surface area (Å²) < 4.78 is 10.4. The number of hydrogen-bond acceptors (Lipinski definition) is 5. The van der Waals surface area contributed by atoms with Crippen LogP contribution in [0.25, 0.3) is 6.08 Å². The van der Waals surface area contributed by atoms with Crippen molar-refractivity contribution in [1.82, 2.24) is 5.32 Å². The zero-order valence-electron chi connectivity index (χ0n) is 14.9. The van der Waals surface area contributed by atoms with Crippen LogP contribution in [0.2, 0.25) is 0 Å². The summed E-state index contributed by atoms with van der Waals surface area (Å²) in [7, 11) is 3.01. The molecule has 0 aliphatic carbocycles. The van der Waals surface area contributed by atoms with Gasteiger partial charge in [-0.3, -0.25) is 0 Å². The summed E-state index contributed by atoms with van der Waals surface area (Å²) in [6.07, 6.45) is 6.08. The van der Waals surface area contributed by atoms with Crippen molar-refractivity contribution in [2.75, 3.05) is 20.8 Å². The molecule has 0 aliphatic rings. The van der Waals surface area contributed by atoms with Crippen LogP contribution in [-0.4, -0.2) is 25.9 Å². The van der Waals surface area contributed by atoms with Gasteiger partial charge in [0.25, 0.3) is 0 Å². The molecule has 0 saturated heterocycles. The van der Waals surface area contributed by atoms with Gasteiger partial charge in [0.15, 0.2) is 11.5 Å². The number of benzene rings is 2. The number of nitrogens with one attached hydrogen (secondary N) is 1. The minimum Gasteiger partial charge on any atom is -0.504 e. The van der Waals surface area contributed by atoms with E-state index in [1.54, 1.807) is 24.3 Å². The maximum atomic E-state index is 9.80. The molecule has 0 radical (unpaired) electrons. The summed E-state index contributed by atoms with van der Waals surface area (Å²) in [5.74, 6) is 0.886. The number of hydrogen-bond donors (Lipinski definition) is 2. The van der Waals surface area contributed by atoms with E-state index < -0.39 is 0 Å². The first kappa shape index (κ1) is 18.9. The third-order valence-corrected chi connectivity index (χ3v) is 3.76. The van der Waals surface area contributed by atoms with Crippen molar-refractivity contribution in [3.8, 4) is 23.3 Å². The lowest BCUT2D eigenvalue weighted by Crippen LogP contribution is -2.15. The maximum Gasteiger partial charge on any atom is 0.161 e. The standard InChI is InChI=1S/C21H22N2O3/c1-25-20-14-19(24)21(26-2)13-17(20)9-6-10-18(15-22)23-12-11-16-7-4-3-5-8-16/h3-10,13-14,23-24H,11-12H2,1-2H3. The van der Waals surface area contributed by atoms with Crippen molar-refractivity contribution in [1.29, 1.82) is 5.26 Å². The van der Waals surface area contributed by atoms with Crippen molar-refractivity contribution >= 4 is 6.08 Å². The van der Waals surface area contributed by atoms with E-state index in [0.29, 0.717) is 23.7 Å². The quantitative estimate of drug-likeness (QED) is 0.561. The minimum atomic E-state index is 0.0114. The molecule has 0 bridgehead atoms. The zero-order chi connectivity index (χ0) is 18.8. The van der Waals surface area contributed by atoms with Gasteiger partial charge >= 0.3 is 0 Å². The average molecular weight is 350 g/mol. The van der Waals surface area contributed by atoms with Crippen LogP contribution >= 0.6 is 0 Å². The third kappa shape index (κ3) is 5.32. The molecule has 26 heavy (non-hydrogen) atoms. The molecule has 2 rings (SSSR count). The normalized spacial score (nSPS) is 11.2. The molecule has 0 atom stereocenters. The van der Waals surface area contributed by atoms with Gasteiger partial charge < -0.3 is 19.9 Å². The van der Waals surface area contributed by atoms with E-state index in [1.165, 1.54) is 25.8 Å². The average Bonchev–Trinajstić information content (AvgIpc) is 2.68. The first-order valence-corrected chi connectivity index (χ1v) is 8.19. The van der Waals surface area contributed by atoms with Gasteiger partial charge in [-0.1, -0.05) is 42.5 Å². The summed E-state index contributed by atoms with van der Waals surface area (Å²) >= 11 is 0. The number of phenolic OH excluding ortho intramolecular Hbond substituents is 1. The van der Waals surface area contributed by atoms with Crippen LogP contribution in [0.5, 0.6) is 17.2 Å². The van der Waals surface area contributed by atoms with Gasteiger partial charge in [0.05, 0.1) is 14.2 Å². The van der Waals surface area contributed by atoms with E-state index in [0.717, 1.165) is 12.0 Å². The van der Waals surface area contributed by atoms with Crippen molar-refractivity contribution in [3.05, 3.63) is 71.4 Å². The summed E-state index contributed by atoms with van der Waals surface area (Å²) in [5.41, 5.74) is 2.43. The van der Waals surface area contributed by atoms with Crippen LogP contribution in [0.3, 0.4) is 0 Å². The lowest BCUT2D eigenvalue weighted by molar-refractivity contribution is 0.365. The molecule has 0 unspecified atom stereocenters. The highest BCUT2D eigenvalue weighted by Gasteiger charge is 2.08. The summed E-state index contributed by atoms with van der Waals surface area (Å²) in [6, 6.07) is 15.4. The molecule has 5 heteroatoms. The van der Waals surface area contributed by atoms with E-state index in [9.17, 15) is 10.4 Å². The van der Waals surface area contributed by atoms with Gasteiger partial charge in [-0.15, -0.1) is 0 Å². The second kappa shape index (κ2) is 9.80. The van der Waals surface area contributed by atoms with Crippen molar-refractivity contribution < 1.29 is 14.6 Å². The molecular weight excluding hydrogens is 328 g/mol. The Morgan fingerprint density at radius 1 is 1.15 bits per heavy atom. The molecule has 0 amide bonds. The van der Waals surface area contributed by atoms with Gasteiger partial charge in [0.1, 0.15) is 17.5 Å². The highest BCUT2D eigenvalue weighted by atomic mass is 16.5. The summed E-state index contributed by atoms with van der Waals surface area (Å²) in [6.45, 7) is 0.674. The Morgan fingerprint density at radius 2 is 1.88 bits per heavy atom. The fourth-order valence-electron chi connectivity index (χ4n) is 2.41. The Bertz CT molecular complexity index is 821. The van der Waals surface area contributed by atoms with Gasteiger partial charge in [-0.25, -0.2) is 0 Å². The number of rotatable bonds is 8. The topological polar surface area (TPSA) is 74.5 Å². The van der Waals surface area contributed by atoms with Gasteiger partial charge in [-0.2, -0.15) is 5.26 Å². The van der Waals surface area contributed by atoms with E-state index in [4.69, 9.17) is 9.47 Å². The smallest absolute Gasteiger partial charge is 0.161 e. The maximum absolute atomic E-state index is 9.80. The molecule has 0 spiro atoms. The monoisotopic (exact) mass is 350 g/mol. The number of nitriles is 1. The van der Waals surface area contributed by atoms with Crippen LogP contribution in [0.15, 0.2) is 60.3 Å². The van der Waals surface area contributed by atoms with Gasteiger partial charge in [-0.05, 0) is 24.1 Å². The largest absolute Gasteiger partial charge is 0.504 e. The van der Waals surface area contributed by atoms with Crippen LogP contribution in [-0.2, 0) is 6.42 Å². The number of phenols is 1. The molecule has 0 saturated carbocycles. The second-order valence-electron chi connectivity index (χ2n) is 5.48. The van der Waals surface area contributed by atoms with Crippen LogP contribution in [0.1, 0.15) is 11.1 Å². The SMILES string of the molecule is COc1cc(C=CC=C(C#N)NCCc2ccccc2)c(OC)cc1O. The highest BCUT2D eigenvalue weighted by Crippen LogP contribution is 2.34. The van der Waals surface area contributed by atoms with Gasteiger partial charge in [0, 0.05) is 18.2 Å². The van der Waals surface area contributed by atoms with E-state index in [1.807, 2.05) is 18.2 Å². The van der Waals surface area contributed by atoms with Crippen LogP contribution < -0.4 is 14.8 Å². The Hall–Kier alpha value is -3.39. The van der Waals surface area contributed by atoms with Crippen LogP contribution in [0.4, 0.5) is 0 Å². The number of methoxy groups -OCH3 is 2. The number of nitrogens with zero attached hydrogens (tertiary/aromatic N) is 1. The lowest BCUT2D eigenvalue weighted by atomic mass is 10.1. The zero-order valence-corrected chi connectivity index (χ0v) is 14.9. The van der Waals surface area contributed by atoms with Crippen molar-refractivity contribution in [2.45, 2.75) is 6.42 Å². The Balaban J connectivity index is 2.02. The molecule has 2 N–H and O–H groups in total. The van der Waals surface area contributed by atoms with E-state index in [2.05, 4.69) is 23.5 Å². The molecule has 0 aromatic heterocycles. The number of allylic oxidation sites excluding steroid dienone is 3. The molecule has 134 valence electrons. The molecule has 0 heterocycles.